The summed E-state index contributed by atoms with van der Waals surface area (Å²) in [5, 5.41) is 9.40. The lowest BCUT2D eigenvalue weighted by molar-refractivity contribution is 0.223. The normalized spacial score (nSPS) is 30.7. The molecule has 1 rings (SSSR count). The fraction of sp³-hybridized carbons (Fsp3) is 0.200. The molecule has 1 aliphatic carbocycles. The van der Waals surface area contributed by atoms with Crippen LogP contribution in [0.25, 0.3) is 0 Å². The summed E-state index contributed by atoms with van der Waals surface area (Å²) in [4.78, 5) is 0. The second-order valence-corrected chi connectivity index (χ2v) is 2.55. The molecule has 0 aromatic heterocycles. The summed E-state index contributed by atoms with van der Waals surface area (Å²) in [6.07, 6.45) is 12.7. The SMILES string of the molecule is NCC(O)C1=C\C=C\C=C/C=C\1. The standard InChI is InChI=1S/C10H13NO/c11-8-10(12)9-6-4-2-1-3-5-7-9/h1-7,10,12H,8,11H2/b2-1-,3-1?,4-2?,5-3+,6-4-,7-5?,9-6?,9-7-. The first-order valence-electron chi connectivity index (χ1n) is 3.94. The van der Waals surface area contributed by atoms with Gasteiger partial charge in [0.2, 0.25) is 0 Å². The van der Waals surface area contributed by atoms with Gasteiger partial charge in [0, 0.05) is 6.54 Å². The van der Waals surface area contributed by atoms with Crippen LogP contribution in [-0.4, -0.2) is 17.8 Å². The van der Waals surface area contributed by atoms with E-state index in [1.54, 1.807) is 0 Å². The second kappa shape index (κ2) is 4.70. The molecular weight excluding hydrogens is 150 g/mol. The van der Waals surface area contributed by atoms with Gasteiger partial charge < -0.3 is 10.8 Å². The van der Waals surface area contributed by atoms with E-state index in [4.69, 9.17) is 5.73 Å². The summed E-state index contributed by atoms with van der Waals surface area (Å²) in [7, 11) is 0. The van der Waals surface area contributed by atoms with E-state index in [0.29, 0.717) is 0 Å². The van der Waals surface area contributed by atoms with E-state index in [1.807, 2.05) is 42.5 Å². The maximum atomic E-state index is 9.40. The van der Waals surface area contributed by atoms with E-state index in [0.717, 1.165) is 5.57 Å². The molecule has 3 N–H and O–H groups in total. The zero-order valence-corrected chi connectivity index (χ0v) is 6.85. The van der Waals surface area contributed by atoms with Gasteiger partial charge in [-0.1, -0.05) is 42.5 Å². The highest BCUT2D eigenvalue weighted by Gasteiger charge is 2.03. The number of hydrogen-bond acceptors (Lipinski definition) is 2. The predicted octanol–water partition coefficient (Wildman–Crippen LogP) is 0.915. The van der Waals surface area contributed by atoms with Gasteiger partial charge >= 0.3 is 0 Å². The van der Waals surface area contributed by atoms with Crippen molar-refractivity contribution >= 4 is 0 Å². The summed E-state index contributed by atoms with van der Waals surface area (Å²) >= 11 is 0. The molecule has 0 saturated heterocycles. The highest BCUT2D eigenvalue weighted by atomic mass is 16.3. The Morgan fingerprint density at radius 2 is 1.83 bits per heavy atom. The molecule has 1 atom stereocenters. The third kappa shape index (κ3) is 2.49. The summed E-state index contributed by atoms with van der Waals surface area (Å²) in [6, 6.07) is 0. The number of hydrogen-bond donors (Lipinski definition) is 2. The van der Waals surface area contributed by atoms with Gasteiger partial charge in [-0.15, -0.1) is 0 Å². The van der Waals surface area contributed by atoms with Gasteiger partial charge in [0.1, 0.15) is 0 Å². The van der Waals surface area contributed by atoms with Crippen LogP contribution in [0, 0.1) is 0 Å². The third-order valence-corrected chi connectivity index (χ3v) is 1.63. The number of aliphatic hydroxyl groups is 1. The predicted molar refractivity (Wildman–Crippen MR) is 50.6 cm³/mol. The van der Waals surface area contributed by atoms with Gasteiger partial charge in [-0.3, -0.25) is 0 Å². The third-order valence-electron chi connectivity index (χ3n) is 1.63. The maximum Gasteiger partial charge on any atom is 0.0912 e. The Hall–Kier alpha value is -1.12. The number of rotatable bonds is 2. The van der Waals surface area contributed by atoms with Gasteiger partial charge in [-0.2, -0.15) is 0 Å². The molecule has 2 nitrogen and oxygen atoms in total. The molecule has 0 heterocycles. The van der Waals surface area contributed by atoms with Crippen LogP contribution < -0.4 is 5.73 Å². The lowest BCUT2D eigenvalue weighted by Gasteiger charge is -2.07. The summed E-state index contributed by atoms with van der Waals surface area (Å²) in [6.45, 7) is 0.258. The zero-order chi connectivity index (χ0) is 8.81. The van der Waals surface area contributed by atoms with Crippen LogP contribution in [-0.2, 0) is 0 Å². The summed E-state index contributed by atoms with van der Waals surface area (Å²) < 4.78 is 0. The molecule has 0 amide bonds. The molecule has 12 heavy (non-hydrogen) atoms. The van der Waals surface area contributed by atoms with Crippen molar-refractivity contribution in [3.63, 3.8) is 0 Å². The second-order valence-electron chi connectivity index (χ2n) is 2.55. The van der Waals surface area contributed by atoms with Crippen molar-refractivity contribution in [1.82, 2.24) is 0 Å². The number of allylic oxidation sites excluding steroid dienone is 6. The van der Waals surface area contributed by atoms with Crippen molar-refractivity contribution in [2.24, 2.45) is 5.73 Å². The Kier molecular flexibility index (Phi) is 3.51. The first-order valence-corrected chi connectivity index (χ1v) is 3.94. The Labute approximate surface area is 72.4 Å². The largest absolute Gasteiger partial charge is 0.387 e. The monoisotopic (exact) mass is 163 g/mol. The zero-order valence-electron chi connectivity index (χ0n) is 6.85. The average Bonchev–Trinajstić information content (AvgIpc) is 2.02. The van der Waals surface area contributed by atoms with Crippen LogP contribution in [0.5, 0.6) is 0 Å². The van der Waals surface area contributed by atoms with Crippen molar-refractivity contribution in [3.05, 3.63) is 48.1 Å². The molecule has 0 aromatic rings. The molecule has 1 aliphatic rings. The maximum absolute atomic E-state index is 9.40. The average molecular weight is 163 g/mol. The molecule has 0 bridgehead atoms. The van der Waals surface area contributed by atoms with Crippen LogP contribution >= 0.6 is 0 Å². The van der Waals surface area contributed by atoms with Crippen molar-refractivity contribution in [2.75, 3.05) is 6.54 Å². The molecule has 1 unspecified atom stereocenters. The van der Waals surface area contributed by atoms with E-state index in [-0.39, 0.29) is 6.54 Å². The Morgan fingerprint density at radius 3 is 2.58 bits per heavy atom. The van der Waals surface area contributed by atoms with E-state index in [9.17, 15) is 5.11 Å². The molecule has 0 spiro atoms. The molecule has 0 aliphatic heterocycles. The van der Waals surface area contributed by atoms with E-state index >= 15 is 0 Å². The Balaban J connectivity index is 2.75. The minimum atomic E-state index is -0.558. The van der Waals surface area contributed by atoms with Gasteiger partial charge in [-0.25, -0.2) is 0 Å². The van der Waals surface area contributed by atoms with Gasteiger partial charge in [0.15, 0.2) is 0 Å². The smallest absolute Gasteiger partial charge is 0.0912 e. The van der Waals surface area contributed by atoms with Gasteiger partial charge in [0.05, 0.1) is 6.10 Å². The molecule has 0 fully saturated rings. The van der Waals surface area contributed by atoms with E-state index < -0.39 is 6.10 Å². The minimum Gasteiger partial charge on any atom is -0.387 e. The van der Waals surface area contributed by atoms with E-state index in [1.165, 1.54) is 0 Å². The lowest BCUT2D eigenvalue weighted by Crippen LogP contribution is -2.21. The van der Waals surface area contributed by atoms with Crippen molar-refractivity contribution in [3.8, 4) is 0 Å². The number of aliphatic hydroxyl groups excluding tert-OH is 1. The highest BCUT2D eigenvalue weighted by molar-refractivity contribution is 5.33. The molecule has 64 valence electrons. The van der Waals surface area contributed by atoms with Crippen LogP contribution in [0.3, 0.4) is 0 Å². The summed E-state index contributed by atoms with van der Waals surface area (Å²) in [5.74, 6) is 0. The van der Waals surface area contributed by atoms with Crippen LogP contribution in [0.4, 0.5) is 0 Å². The molecule has 0 saturated carbocycles. The van der Waals surface area contributed by atoms with Crippen molar-refractivity contribution < 1.29 is 5.11 Å². The molecule has 0 radical (unpaired) electrons. The topological polar surface area (TPSA) is 46.2 Å². The quantitative estimate of drug-likeness (QED) is 0.635. The number of nitrogens with two attached hydrogens (primary N) is 1. The molecule has 0 aromatic carbocycles. The van der Waals surface area contributed by atoms with Crippen molar-refractivity contribution in [1.29, 1.82) is 0 Å². The Bertz CT molecular complexity index is 249. The molecular formula is C10H13NO. The summed E-state index contributed by atoms with van der Waals surface area (Å²) in [5.41, 5.74) is 6.17. The van der Waals surface area contributed by atoms with E-state index in [2.05, 4.69) is 0 Å². The molecule has 2 heteroatoms. The van der Waals surface area contributed by atoms with Crippen molar-refractivity contribution in [2.45, 2.75) is 6.10 Å². The van der Waals surface area contributed by atoms with Crippen LogP contribution in [0.2, 0.25) is 0 Å². The first-order chi connectivity index (χ1) is 5.84. The van der Waals surface area contributed by atoms with Crippen LogP contribution in [0.15, 0.2) is 48.1 Å². The first kappa shape index (κ1) is 8.97. The lowest BCUT2D eigenvalue weighted by atomic mass is 10.1. The van der Waals surface area contributed by atoms with Gasteiger partial charge in [0.25, 0.3) is 0 Å². The fourth-order valence-corrected chi connectivity index (χ4v) is 0.940. The van der Waals surface area contributed by atoms with Crippen LogP contribution in [0.1, 0.15) is 0 Å². The minimum absolute atomic E-state index is 0.258. The Morgan fingerprint density at radius 1 is 1.17 bits per heavy atom. The fourth-order valence-electron chi connectivity index (χ4n) is 0.940. The highest BCUT2D eigenvalue weighted by Crippen LogP contribution is 2.05. The van der Waals surface area contributed by atoms with Gasteiger partial charge in [-0.05, 0) is 5.57 Å².